The quantitative estimate of drug-likeness (QED) is 0.795. The standard InChI is InChI=1S/C13H23NO2/c1-10(2)9-12(15)14-7-5-13(16,6-8-14)11-3-4-11/h10-11,16H,3-9H2,1-2H3. The third-order valence-corrected chi connectivity index (χ3v) is 3.90. The summed E-state index contributed by atoms with van der Waals surface area (Å²) in [6.07, 6.45) is 4.55. The Morgan fingerprint density at radius 1 is 1.38 bits per heavy atom. The Labute approximate surface area is 97.8 Å². The van der Waals surface area contributed by atoms with Crippen molar-refractivity contribution in [1.29, 1.82) is 0 Å². The molecule has 1 saturated heterocycles. The van der Waals surface area contributed by atoms with Crippen LogP contribution in [0.4, 0.5) is 0 Å². The highest BCUT2D eigenvalue weighted by molar-refractivity contribution is 5.76. The van der Waals surface area contributed by atoms with Crippen LogP contribution in [0.1, 0.15) is 46.0 Å². The molecule has 0 unspecified atom stereocenters. The molecule has 1 N–H and O–H groups in total. The van der Waals surface area contributed by atoms with Crippen molar-refractivity contribution in [3.63, 3.8) is 0 Å². The molecule has 3 nitrogen and oxygen atoms in total. The third kappa shape index (κ3) is 2.57. The summed E-state index contributed by atoms with van der Waals surface area (Å²) in [7, 11) is 0. The Morgan fingerprint density at radius 3 is 2.38 bits per heavy atom. The first kappa shape index (κ1) is 11.9. The summed E-state index contributed by atoms with van der Waals surface area (Å²) in [5, 5.41) is 10.4. The van der Waals surface area contributed by atoms with Crippen LogP contribution < -0.4 is 0 Å². The van der Waals surface area contributed by atoms with Gasteiger partial charge in [-0.25, -0.2) is 0 Å². The van der Waals surface area contributed by atoms with E-state index in [-0.39, 0.29) is 5.91 Å². The molecule has 92 valence electrons. The van der Waals surface area contributed by atoms with Gasteiger partial charge in [0.1, 0.15) is 0 Å². The van der Waals surface area contributed by atoms with Crippen molar-refractivity contribution in [2.75, 3.05) is 13.1 Å². The van der Waals surface area contributed by atoms with Gasteiger partial charge >= 0.3 is 0 Å². The molecule has 0 spiro atoms. The van der Waals surface area contributed by atoms with Gasteiger partial charge in [0.25, 0.3) is 0 Å². The van der Waals surface area contributed by atoms with Gasteiger partial charge in [-0.2, -0.15) is 0 Å². The van der Waals surface area contributed by atoms with Crippen molar-refractivity contribution in [2.24, 2.45) is 11.8 Å². The summed E-state index contributed by atoms with van der Waals surface area (Å²) >= 11 is 0. The second-order valence-electron chi connectivity index (χ2n) is 5.86. The van der Waals surface area contributed by atoms with Crippen LogP contribution in [0.3, 0.4) is 0 Å². The van der Waals surface area contributed by atoms with E-state index in [9.17, 15) is 9.90 Å². The van der Waals surface area contributed by atoms with E-state index in [1.807, 2.05) is 4.90 Å². The van der Waals surface area contributed by atoms with E-state index in [4.69, 9.17) is 0 Å². The van der Waals surface area contributed by atoms with Crippen LogP contribution in [0.25, 0.3) is 0 Å². The fourth-order valence-corrected chi connectivity index (χ4v) is 2.65. The molecule has 0 aromatic carbocycles. The third-order valence-electron chi connectivity index (χ3n) is 3.90. The van der Waals surface area contributed by atoms with Crippen molar-refractivity contribution in [3.8, 4) is 0 Å². The average molecular weight is 225 g/mol. The summed E-state index contributed by atoms with van der Waals surface area (Å²) in [6, 6.07) is 0. The lowest BCUT2D eigenvalue weighted by atomic mass is 9.86. The number of carbonyl (C=O) groups is 1. The Kier molecular flexibility index (Phi) is 3.24. The Morgan fingerprint density at radius 2 is 1.94 bits per heavy atom. The lowest BCUT2D eigenvalue weighted by Gasteiger charge is -2.38. The number of hydrogen-bond acceptors (Lipinski definition) is 2. The zero-order valence-electron chi connectivity index (χ0n) is 10.4. The second-order valence-corrected chi connectivity index (χ2v) is 5.86. The van der Waals surface area contributed by atoms with E-state index >= 15 is 0 Å². The first-order chi connectivity index (χ1) is 7.51. The molecule has 16 heavy (non-hydrogen) atoms. The molecule has 1 heterocycles. The summed E-state index contributed by atoms with van der Waals surface area (Å²) < 4.78 is 0. The number of likely N-dealkylation sites (tertiary alicyclic amines) is 1. The van der Waals surface area contributed by atoms with Gasteiger partial charge in [-0.1, -0.05) is 13.8 Å². The van der Waals surface area contributed by atoms with Crippen LogP contribution in [0.2, 0.25) is 0 Å². The van der Waals surface area contributed by atoms with Gasteiger partial charge in [0.15, 0.2) is 0 Å². The minimum atomic E-state index is -0.450. The first-order valence-electron chi connectivity index (χ1n) is 6.51. The summed E-state index contributed by atoms with van der Waals surface area (Å²) in [5.41, 5.74) is -0.450. The van der Waals surface area contributed by atoms with Crippen LogP contribution in [0, 0.1) is 11.8 Å². The number of carbonyl (C=O) groups excluding carboxylic acids is 1. The van der Waals surface area contributed by atoms with E-state index in [1.54, 1.807) is 0 Å². The van der Waals surface area contributed by atoms with E-state index in [2.05, 4.69) is 13.8 Å². The Hall–Kier alpha value is -0.570. The average Bonchev–Trinajstić information content (AvgIpc) is 3.00. The van der Waals surface area contributed by atoms with Gasteiger partial charge in [-0.3, -0.25) is 4.79 Å². The fraction of sp³-hybridized carbons (Fsp3) is 0.923. The monoisotopic (exact) mass is 225 g/mol. The lowest BCUT2D eigenvalue weighted by molar-refractivity contribution is -0.136. The number of aliphatic hydroxyl groups is 1. The van der Waals surface area contributed by atoms with E-state index in [0.717, 1.165) is 25.9 Å². The highest BCUT2D eigenvalue weighted by Gasteiger charge is 2.45. The van der Waals surface area contributed by atoms with Crippen molar-refractivity contribution in [3.05, 3.63) is 0 Å². The van der Waals surface area contributed by atoms with Crippen molar-refractivity contribution >= 4 is 5.91 Å². The maximum absolute atomic E-state index is 11.8. The molecule has 0 radical (unpaired) electrons. The topological polar surface area (TPSA) is 40.5 Å². The van der Waals surface area contributed by atoms with Crippen molar-refractivity contribution in [1.82, 2.24) is 4.90 Å². The maximum Gasteiger partial charge on any atom is 0.222 e. The van der Waals surface area contributed by atoms with Crippen LogP contribution >= 0.6 is 0 Å². The minimum Gasteiger partial charge on any atom is -0.389 e. The van der Waals surface area contributed by atoms with Crippen LogP contribution in [-0.4, -0.2) is 34.6 Å². The molecule has 1 aliphatic carbocycles. The predicted molar refractivity (Wildman–Crippen MR) is 62.9 cm³/mol. The summed E-state index contributed by atoms with van der Waals surface area (Å²) in [4.78, 5) is 13.8. The number of nitrogens with zero attached hydrogens (tertiary/aromatic N) is 1. The predicted octanol–water partition coefficient (Wildman–Crippen LogP) is 1.80. The van der Waals surface area contributed by atoms with E-state index < -0.39 is 5.60 Å². The van der Waals surface area contributed by atoms with E-state index in [1.165, 1.54) is 12.8 Å². The largest absolute Gasteiger partial charge is 0.389 e. The molecule has 1 aliphatic heterocycles. The molecule has 0 atom stereocenters. The number of hydrogen-bond donors (Lipinski definition) is 1. The van der Waals surface area contributed by atoms with Gasteiger partial charge in [-0.15, -0.1) is 0 Å². The Bertz CT molecular complexity index is 263. The van der Waals surface area contributed by atoms with Crippen LogP contribution in [-0.2, 0) is 4.79 Å². The molecule has 3 heteroatoms. The number of piperidine rings is 1. The van der Waals surface area contributed by atoms with Crippen LogP contribution in [0.15, 0.2) is 0 Å². The van der Waals surface area contributed by atoms with Gasteiger partial charge in [-0.05, 0) is 37.5 Å². The molecule has 2 fully saturated rings. The first-order valence-corrected chi connectivity index (χ1v) is 6.51. The molecule has 0 aromatic heterocycles. The number of rotatable bonds is 3. The zero-order valence-corrected chi connectivity index (χ0v) is 10.4. The van der Waals surface area contributed by atoms with Crippen molar-refractivity contribution < 1.29 is 9.90 Å². The smallest absolute Gasteiger partial charge is 0.222 e. The van der Waals surface area contributed by atoms with E-state index in [0.29, 0.717) is 18.3 Å². The highest BCUT2D eigenvalue weighted by Crippen LogP contribution is 2.45. The molecule has 2 rings (SSSR count). The van der Waals surface area contributed by atoms with Gasteiger partial charge in [0.05, 0.1) is 5.60 Å². The highest BCUT2D eigenvalue weighted by atomic mass is 16.3. The second kappa shape index (κ2) is 4.36. The normalized spacial score (nSPS) is 24.9. The fourth-order valence-electron chi connectivity index (χ4n) is 2.65. The zero-order chi connectivity index (χ0) is 11.8. The van der Waals surface area contributed by atoms with Gasteiger partial charge in [0.2, 0.25) is 5.91 Å². The number of amides is 1. The molecule has 0 bridgehead atoms. The van der Waals surface area contributed by atoms with Gasteiger partial charge in [0, 0.05) is 19.5 Å². The van der Waals surface area contributed by atoms with Crippen molar-refractivity contribution in [2.45, 2.75) is 51.6 Å². The maximum atomic E-state index is 11.8. The lowest BCUT2D eigenvalue weighted by Crippen LogP contribution is -2.48. The molecule has 1 saturated carbocycles. The molecule has 0 aromatic rings. The van der Waals surface area contributed by atoms with Gasteiger partial charge < -0.3 is 10.0 Å². The molecular weight excluding hydrogens is 202 g/mol. The molecule has 2 aliphatic rings. The summed E-state index contributed by atoms with van der Waals surface area (Å²) in [5.74, 6) is 1.21. The van der Waals surface area contributed by atoms with Crippen LogP contribution in [0.5, 0.6) is 0 Å². The molecular formula is C13H23NO2. The SMILES string of the molecule is CC(C)CC(=O)N1CCC(O)(C2CC2)CC1. The Balaban J connectivity index is 1.82. The summed E-state index contributed by atoms with van der Waals surface area (Å²) in [6.45, 7) is 5.64. The molecule has 1 amide bonds. The minimum absolute atomic E-state index is 0.257.